The molecule has 16 nitrogen and oxygen atoms in total. The number of nitrogens with zero attached hydrogens (tertiary/aromatic N) is 1. The van der Waals surface area contributed by atoms with E-state index in [-0.39, 0.29) is 38.2 Å². The van der Waals surface area contributed by atoms with E-state index in [1.54, 1.807) is 6.20 Å². The highest BCUT2D eigenvalue weighted by molar-refractivity contribution is 5.95. The number of hydrogen-bond acceptors (Lipinski definition) is 8. The van der Waals surface area contributed by atoms with Gasteiger partial charge in [0, 0.05) is 36.5 Å². The molecule has 14 N–H and O–H groups in total. The lowest BCUT2D eigenvalue weighted by Crippen LogP contribution is -2.57. The van der Waals surface area contributed by atoms with Gasteiger partial charge in [0.1, 0.15) is 18.1 Å². The number of benzene rings is 1. The van der Waals surface area contributed by atoms with E-state index in [1.807, 2.05) is 24.3 Å². The van der Waals surface area contributed by atoms with Crippen molar-refractivity contribution in [3.8, 4) is 0 Å². The number of amides is 3. The van der Waals surface area contributed by atoms with Crippen LogP contribution in [0.15, 0.2) is 35.5 Å². The molecule has 44 heavy (non-hydrogen) atoms. The van der Waals surface area contributed by atoms with Crippen LogP contribution in [0.1, 0.15) is 50.5 Å². The highest BCUT2D eigenvalue weighted by Crippen LogP contribution is 2.19. The minimum absolute atomic E-state index is 0.0272. The Bertz CT molecular complexity index is 1310. The molecule has 0 bridgehead atoms. The monoisotopic (exact) mass is 617 g/mol. The van der Waals surface area contributed by atoms with Crippen LogP contribution in [-0.4, -0.2) is 88.1 Å². The second kappa shape index (κ2) is 18.1. The Hall–Kier alpha value is -4.70. The molecule has 3 amide bonds. The number of hydrogen-bond donors (Lipinski definition) is 10. The lowest BCUT2D eigenvalue weighted by molar-refractivity contribution is -0.143. The summed E-state index contributed by atoms with van der Waals surface area (Å²) in [7, 11) is 0. The van der Waals surface area contributed by atoms with Crippen molar-refractivity contribution in [1.82, 2.24) is 20.9 Å². The Morgan fingerprint density at radius 1 is 0.841 bits per heavy atom. The van der Waals surface area contributed by atoms with Gasteiger partial charge >= 0.3 is 11.9 Å². The molecule has 4 atom stereocenters. The quantitative estimate of drug-likeness (QED) is 0.0469. The number of carbonyl (C=O) groups is 5. The van der Waals surface area contributed by atoms with Crippen LogP contribution in [0, 0.1) is 0 Å². The van der Waals surface area contributed by atoms with Gasteiger partial charge in [0.25, 0.3) is 0 Å². The summed E-state index contributed by atoms with van der Waals surface area (Å²) in [6, 6.07) is 2.51. The smallest absolute Gasteiger partial charge is 0.326 e. The lowest BCUT2D eigenvalue weighted by atomic mass is 10.0. The molecule has 1 aromatic carbocycles. The van der Waals surface area contributed by atoms with Gasteiger partial charge in [0.05, 0.1) is 6.04 Å². The van der Waals surface area contributed by atoms with E-state index in [4.69, 9.17) is 28.0 Å². The second-order valence-corrected chi connectivity index (χ2v) is 10.4. The van der Waals surface area contributed by atoms with Gasteiger partial charge < -0.3 is 54.1 Å². The highest BCUT2D eigenvalue weighted by Gasteiger charge is 2.31. The van der Waals surface area contributed by atoms with E-state index < -0.39 is 60.2 Å². The number of aliphatic carboxylic acids is 2. The third-order valence-corrected chi connectivity index (χ3v) is 6.88. The van der Waals surface area contributed by atoms with Gasteiger partial charge in [-0.05, 0) is 56.7 Å². The number of carbonyl (C=O) groups excluding carboxylic acids is 3. The molecule has 0 aliphatic heterocycles. The van der Waals surface area contributed by atoms with E-state index in [9.17, 15) is 29.1 Å². The lowest BCUT2D eigenvalue weighted by Gasteiger charge is -2.25. The number of carboxylic acid groups (broad SMARTS) is 2. The summed E-state index contributed by atoms with van der Waals surface area (Å²) in [6.07, 6.45) is 2.75. The maximum Gasteiger partial charge on any atom is 0.326 e. The van der Waals surface area contributed by atoms with Gasteiger partial charge in [-0.3, -0.25) is 24.2 Å². The molecule has 0 aliphatic carbocycles. The average Bonchev–Trinajstić information content (AvgIpc) is 3.38. The molecule has 2 rings (SSSR count). The van der Waals surface area contributed by atoms with Crippen LogP contribution < -0.4 is 38.9 Å². The molecule has 0 fully saturated rings. The first kappa shape index (κ1) is 35.5. The van der Waals surface area contributed by atoms with Crippen molar-refractivity contribution in [1.29, 1.82) is 0 Å². The number of aliphatic imine (C=N–C) groups is 1. The van der Waals surface area contributed by atoms with Gasteiger partial charge in [0.2, 0.25) is 17.7 Å². The number of rotatable bonds is 20. The normalized spacial score (nSPS) is 13.7. The number of unbranched alkanes of at least 4 members (excludes halogenated alkanes) is 1. The maximum atomic E-state index is 13.5. The number of H-pyrrole nitrogens is 1. The van der Waals surface area contributed by atoms with Crippen LogP contribution in [0.2, 0.25) is 0 Å². The van der Waals surface area contributed by atoms with Crippen molar-refractivity contribution >= 4 is 46.5 Å². The SMILES string of the molecule is NCCCCC(NC(=O)C(N)CCCN=C(N)N)C(=O)NC(Cc1c[nH]c2ccccc12)C(=O)NC(CCC(=O)O)C(=O)O. The predicted octanol–water partition coefficient (Wildman–Crippen LogP) is -1.38. The van der Waals surface area contributed by atoms with Crippen LogP contribution in [0.25, 0.3) is 10.9 Å². The molecule has 4 unspecified atom stereocenters. The largest absolute Gasteiger partial charge is 0.481 e. The zero-order chi connectivity index (χ0) is 32.6. The van der Waals surface area contributed by atoms with Crippen molar-refractivity contribution in [3.05, 3.63) is 36.0 Å². The summed E-state index contributed by atoms with van der Waals surface area (Å²) >= 11 is 0. The number of para-hydroxylation sites is 1. The summed E-state index contributed by atoms with van der Waals surface area (Å²) in [5.74, 6) is -4.81. The first-order chi connectivity index (χ1) is 20.9. The third-order valence-electron chi connectivity index (χ3n) is 6.88. The second-order valence-electron chi connectivity index (χ2n) is 10.4. The molecule has 16 heteroatoms. The predicted molar refractivity (Wildman–Crippen MR) is 163 cm³/mol. The fraction of sp³-hybridized carbons (Fsp3) is 0.500. The summed E-state index contributed by atoms with van der Waals surface area (Å²) in [5, 5.41) is 27.0. The van der Waals surface area contributed by atoms with E-state index in [2.05, 4.69) is 25.9 Å². The van der Waals surface area contributed by atoms with E-state index in [0.717, 1.165) is 10.9 Å². The number of nitrogens with two attached hydrogens (primary N) is 4. The molecule has 0 spiro atoms. The Morgan fingerprint density at radius 2 is 1.50 bits per heavy atom. The van der Waals surface area contributed by atoms with E-state index >= 15 is 0 Å². The third kappa shape index (κ3) is 11.9. The van der Waals surface area contributed by atoms with Crippen molar-refractivity contribution < 1.29 is 34.2 Å². The van der Waals surface area contributed by atoms with Crippen LogP contribution in [-0.2, 0) is 30.4 Å². The molecule has 0 radical (unpaired) electrons. The molecule has 0 saturated carbocycles. The standard InChI is InChI=1S/C28H43N9O7/c29-12-4-3-9-20(35-24(40)18(30)7-5-13-33-28(31)32)25(41)37-22(14-16-15-34-19-8-2-1-6-17(16)19)26(42)36-21(27(43)44)10-11-23(38)39/h1-2,6,8,15,18,20-22,34H,3-5,7,9-14,29-30H2,(H,35,40)(H,36,42)(H,37,41)(H,38,39)(H,43,44)(H4,31,32,33). The molecule has 0 saturated heterocycles. The zero-order valence-corrected chi connectivity index (χ0v) is 24.5. The zero-order valence-electron chi connectivity index (χ0n) is 24.5. The Kier molecular flexibility index (Phi) is 14.6. The number of nitrogens with one attached hydrogen (secondary N) is 4. The summed E-state index contributed by atoms with van der Waals surface area (Å²) in [4.78, 5) is 69.5. The summed E-state index contributed by atoms with van der Waals surface area (Å²) in [6.45, 7) is 0.642. The molecule has 242 valence electrons. The van der Waals surface area contributed by atoms with Gasteiger partial charge in [-0.15, -0.1) is 0 Å². The van der Waals surface area contributed by atoms with Crippen molar-refractivity contribution in [2.24, 2.45) is 27.9 Å². The Labute approximate surface area is 254 Å². The van der Waals surface area contributed by atoms with Gasteiger partial charge in [0.15, 0.2) is 5.96 Å². The first-order valence-corrected chi connectivity index (χ1v) is 14.3. The van der Waals surface area contributed by atoms with Gasteiger partial charge in [-0.1, -0.05) is 18.2 Å². The minimum atomic E-state index is -1.50. The topological polar surface area (TPSA) is 294 Å². The summed E-state index contributed by atoms with van der Waals surface area (Å²) in [5.41, 5.74) is 23.7. The van der Waals surface area contributed by atoms with E-state index in [1.165, 1.54) is 0 Å². The van der Waals surface area contributed by atoms with Crippen LogP contribution in [0.5, 0.6) is 0 Å². The number of guanidine groups is 1. The van der Waals surface area contributed by atoms with Gasteiger partial charge in [-0.2, -0.15) is 0 Å². The van der Waals surface area contributed by atoms with Crippen molar-refractivity contribution in [2.75, 3.05) is 13.1 Å². The number of fused-ring (bicyclic) bond motifs is 1. The Morgan fingerprint density at radius 3 is 2.16 bits per heavy atom. The molecule has 2 aromatic rings. The number of aromatic amines is 1. The highest BCUT2D eigenvalue weighted by atomic mass is 16.4. The average molecular weight is 618 g/mol. The first-order valence-electron chi connectivity index (χ1n) is 14.3. The fourth-order valence-electron chi connectivity index (χ4n) is 4.49. The number of carboxylic acids is 2. The van der Waals surface area contributed by atoms with Crippen molar-refractivity contribution in [2.45, 2.75) is 75.5 Å². The van der Waals surface area contributed by atoms with Crippen LogP contribution in [0.4, 0.5) is 0 Å². The molecular formula is C28H43N9O7. The summed E-state index contributed by atoms with van der Waals surface area (Å²) < 4.78 is 0. The fourth-order valence-corrected chi connectivity index (χ4v) is 4.49. The molecule has 1 heterocycles. The Balaban J connectivity index is 2.26. The maximum absolute atomic E-state index is 13.5. The van der Waals surface area contributed by atoms with Gasteiger partial charge in [-0.25, -0.2) is 4.79 Å². The molecule has 1 aromatic heterocycles. The number of aromatic nitrogens is 1. The molecule has 0 aliphatic rings. The minimum Gasteiger partial charge on any atom is -0.481 e. The van der Waals surface area contributed by atoms with Crippen LogP contribution in [0.3, 0.4) is 0 Å². The van der Waals surface area contributed by atoms with Crippen molar-refractivity contribution in [3.63, 3.8) is 0 Å². The van der Waals surface area contributed by atoms with E-state index in [0.29, 0.717) is 31.4 Å². The molecular weight excluding hydrogens is 574 g/mol. The van der Waals surface area contributed by atoms with Crippen LogP contribution >= 0.6 is 0 Å².